The van der Waals surface area contributed by atoms with Crippen LogP contribution in [0.5, 0.6) is 0 Å². The summed E-state index contributed by atoms with van der Waals surface area (Å²) in [5.41, 5.74) is 6.42. The molecule has 5 nitrogen and oxygen atoms in total. The van der Waals surface area contributed by atoms with Crippen LogP contribution < -0.4 is 5.73 Å². The number of amides is 1. The summed E-state index contributed by atoms with van der Waals surface area (Å²) in [5.74, 6) is 0.0335. The van der Waals surface area contributed by atoms with Crippen LogP contribution in [0.25, 0.3) is 0 Å². The van der Waals surface area contributed by atoms with Gasteiger partial charge in [0.05, 0.1) is 12.0 Å². The Balaban J connectivity index is 2.14. The number of carbonyl (C=O) groups excluding carboxylic acids is 1. The van der Waals surface area contributed by atoms with Crippen LogP contribution in [0.1, 0.15) is 18.4 Å². The first-order valence-corrected chi connectivity index (χ1v) is 7.44. The first kappa shape index (κ1) is 15.9. The van der Waals surface area contributed by atoms with Gasteiger partial charge in [-0.25, -0.2) is 0 Å². The average molecular weight is 292 g/mol. The van der Waals surface area contributed by atoms with E-state index in [-0.39, 0.29) is 12.5 Å². The number of rotatable bonds is 6. The number of aliphatic hydroxyl groups is 1. The van der Waals surface area contributed by atoms with Gasteiger partial charge < -0.3 is 20.5 Å². The highest BCUT2D eigenvalue weighted by Crippen LogP contribution is 2.32. The zero-order valence-electron chi connectivity index (χ0n) is 12.3. The van der Waals surface area contributed by atoms with Gasteiger partial charge in [0.15, 0.2) is 0 Å². The van der Waals surface area contributed by atoms with E-state index >= 15 is 0 Å². The molecule has 21 heavy (non-hydrogen) atoms. The van der Waals surface area contributed by atoms with Crippen LogP contribution in [0, 0.1) is 5.41 Å². The Morgan fingerprint density at radius 2 is 1.95 bits per heavy atom. The molecule has 1 aliphatic rings. The third-order valence-corrected chi connectivity index (χ3v) is 4.17. The molecule has 0 bridgehead atoms. The standard InChI is InChI=1S/C16H24N2O3/c17-13-16(6-10-21-11-7-16)15(20)18(8-9-19)12-14-4-2-1-3-5-14/h1-5,19H,6-13,17H2. The molecule has 3 N–H and O–H groups in total. The van der Waals surface area contributed by atoms with E-state index < -0.39 is 5.41 Å². The van der Waals surface area contributed by atoms with Gasteiger partial charge in [-0.05, 0) is 18.4 Å². The molecule has 0 saturated carbocycles. The van der Waals surface area contributed by atoms with Crippen molar-refractivity contribution >= 4 is 5.91 Å². The van der Waals surface area contributed by atoms with Crippen LogP contribution in [-0.2, 0) is 16.1 Å². The van der Waals surface area contributed by atoms with Crippen LogP contribution in [0.2, 0.25) is 0 Å². The van der Waals surface area contributed by atoms with Crippen LogP contribution in [0.15, 0.2) is 30.3 Å². The van der Waals surface area contributed by atoms with Crippen molar-refractivity contribution in [1.82, 2.24) is 4.90 Å². The summed E-state index contributed by atoms with van der Waals surface area (Å²) in [6, 6.07) is 9.81. The summed E-state index contributed by atoms with van der Waals surface area (Å²) in [5, 5.41) is 9.27. The lowest BCUT2D eigenvalue weighted by Crippen LogP contribution is -2.51. The molecule has 0 atom stereocenters. The van der Waals surface area contributed by atoms with Crippen LogP contribution in [0.3, 0.4) is 0 Å². The Morgan fingerprint density at radius 1 is 1.29 bits per heavy atom. The molecule has 1 heterocycles. The fraction of sp³-hybridized carbons (Fsp3) is 0.562. The van der Waals surface area contributed by atoms with Crippen molar-refractivity contribution < 1.29 is 14.6 Å². The van der Waals surface area contributed by atoms with Crippen molar-refractivity contribution in [2.45, 2.75) is 19.4 Å². The van der Waals surface area contributed by atoms with Gasteiger partial charge in [0.25, 0.3) is 0 Å². The van der Waals surface area contributed by atoms with Gasteiger partial charge in [-0.2, -0.15) is 0 Å². The predicted octanol–water partition coefficient (Wildman–Crippen LogP) is 0.763. The van der Waals surface area contributed by atoms with E-state index in [1.807, 2.05) is 30.3 Å². The quantitative estimate of drug-likeness (QED) is 0.812. The fourth-order valence-corrected chi connectivity index (χ4v) is 2.78. The van der Waals surface area contributed by atoms with Crippen molar-refractivity contribution in [2.75, 3.05) is 32.9 Å². The van der Waals surface area contributed by atoms with Crippen molar-refractivity contribution in [3.05, 3.63) is 35.9 Å². The molecule has 1 aromatic carbocycles. The monoisotopic (exact) mass is 292 g/mol. The highest BCUT2D eigenvalue weighted by molar-refractivity contribution is 5.83. The van der Waals surface area contributed by atoms with E-state index in [0.29, 0.717) is 45.7 Å². The van der Waals surface area contributed by atoms with Crippen LogP contribution in [-0.4, -0.2) is 48.8 Å². The third-order valence-electron chi connectivity index (χ3n) is 4.17. The number of nitrogens with zero attached hydrogens (tertiary/aromatic N) is 1. The Morgan fingerprint density at radius 3 is 2.52 bits per heavy atom. The number of benzene rings is 1. The van der Waals surface area contributed by atoms with Gasteiger partial charge >= 0.3 is 0 Å². The molecule has 2 rings (SSSR count). The Hall–Kier alpha value is -1.43. The molecule has 0 radical (unpaired) electrons. The third kappa shape index (κ3) is 3.81. The lowest BCUT2D eigenvalue weighted by molar-refractivity contribution is -0.148. The summed E-state index contributed by atoms with van der Waals surface area (Å²) < 4.78 is 5.36. The molecule has 5 heteroatoms. The number of hydrogen-bond acceptors (Lipinski definition) is 4. The summed E-state index contributed by atoms with van der Waals surface area (Å²) in [7, 11) is 0. The number of ether oxygens (including phenoxy) is 1. The van der Waals surface area contributed by atoms with Crippen LogP contribution >= 0.6 is 0 Å². The maximum atomic E-state index is 12.9. The molecule has 0 aliphatic carbocycles. The molecule has 0 aromatic heterocycles. The summed E-state index contributed by atoms with van der Waals surface area (Å²) in [4.78, 5) is 14.6. The minimum Gasteiger partial charge on any atom is -0.395 e. The van der Waals surface area contributed by atoms with Crippen molar-refractivity contribution in [1.29, 1.82) is 0 Å². The van der Waals surface area contributed by atoms with E-state index in [0.717, 1.165) is 5.56 Å². The SMILES string of the molecule is NCC1(C(=O)N(CCO)Cc2ccccc2)CCOCC1. The largest absolute Gasteiger partial charge is 0.395 e. The van der Waals surface area contributed by atoms with Crippen LogP contribution in [0.4, 0.5) is 0 Å². The Kier molecular flexibility index (Phi) is 5.73. The molecular weight excluding hydrogens is 268 g/mol. The molecule has 0 spiro atoms. The fourth-order valence-electron chi connectivity index (χ4n) is 2.78. The summed E-state index contributed by atoms with van der Waals surface area (Å²) >= 11 is 0. The molecule has 1 aliphatic heterocycles. The second kappa shape index (κ2) is 7.54. The molecule has 1 saturated heterocycles. The van der Waals surface area contributed by atoms with E-state index in [1.54, 1.807) is 4.90 Å². The number of carbonyl (C=O) groups is 1. The lowest BCUT2D eigenvalue weighted by Gasteiger charge is -2.38. The molecule has 1 fully saturated rings. The van der Waals surface area contributed by atoms with Gasteiger partial charge in [0, 0.05) is 32.8 Å². The van der Waals surface area contributed by atoms with Gasteiger partial charge in [0.2, 0.25) is 5.91 Å². The number of nitrogens with two attached hydrogens (primary N) is 1. The molecular formula is C16H24N2O3. The Labute approximate surface area is 125 Å². The first-order valence-electron chi connectivity index (χ1n) is 7.44. The van der Waals surface area contributed by atoms with E-state index in [2.05, 4.69) is 0 Å². The zero-order chi connectivity index (χ0) is 15.1. The lowest BCUT2D eigenvalue weighted by atomic mass is 9.78. The van der Waals surface area contributed by atoms with Crippen molar-refractivity contribution in [2.24, 2.45) is 11.1 Å². The number of aliphatic hydroxyl groups excluding tert-OH is 1. The van der Waals surface area contributed by atoms with Gasteiger partial charge in [0.1, 0.15) is 0 Å². The second-order valence-corrected chi connectivity index (χ2v) is 5.53. The van der Waals surface area contributed by atoms with E-state index in [1.165, 1.54) is 0 Å². The van der Waals surface area contributed by atoms with Gasteiger partial charge in [-0.3, -0.25) is 4.79 Å². The highest BCUT2D eigenvalue weighted by Gasteiger charge is 2.41. The summed E-state index contributed by atoms with van der Waals surface area (Å²) in [6.07, 6.45) is 1.30. The van der Waals surface area contributed by atoms with Gasteiger partial charge in [-0.1, -0.05) is 30.3 Å². The Bertz CT molecular complexity index is 444. The second-order valence-electron chi connectivity index (χ2n) is 5.53. The first-order chi connectivity index (χ1) is 10.2. The van der Waals surface area contributed by atoms with Crippen molar-refractivity contribution in [3.8, 4) is 0 Å². The maximum Gasteiger partial charge on any atom is 0.230 e. The minimum atomic E-state index is -0.539. The average Bonchev–Trinajstić information content (AvgIpc) is 2.55. The van der Waals surface area contributed by atoms with E-state index in [9.17, 15) is 9.90 Å². The smallest absolute Gasteiger partial charge is 0.230 e. The van der Waals surface area contributed by atoms with Crippen molar-refractivity contribution in [3.63, 3.8) is 0 Å². The number of hydrogen-bond donors (Lipinski definition) is 2. The van der Waals surface area contributed by atoms with E-state index in [4.69, 9.17) is 10.5 Å². The zero-order valence-corrected chi connectivity index (χ0v) is 12.3. The minimum absolute atomic E-state index is 0.0335. The summed E-state index contributed by atoms with van der Waals surface area (Å²) in [6.45, 7) is 2.25. The maximum absolute atomic E-state index is 12.9. The van der Waals surface area contributed by atoms with Gasteiger partial charge in [-0.15, -0.1) is 0 Å². The normalized spacial score (nSPS) is 17.4. The molecule has 0 unspecified atom stereocenters. The highest BCUT2D eigenvalue weighted by atomic mass is 16.5. The molecule has 1 amide bonds. The molecule has 116 valence electrons. The predicted molar refractivity (Wildman–Crippen MR) is 80.5 cm³/mol. The topological polar surface area (TPSA) is 75.8 Å². The molecule has 1 aromatic rings.